The van der Waals surface area contributed by atoms with Crippen molar-refractivity contribution in [1.82, 2.24) is 0 Å². The molecule has 0 aliphatic carbocycles. The van der Waals surface area contributed by atoms with Crippen LogP contribution in [-0.2, 0) is 4.79 Å². The lowest BCUT2D eigenvalue weighted by Gasteiger charge is -2.21. The fourth-order valence-electron chi connectivity index (χ4n) is 1.65. The lowest BCUT2D eigenvalue weighted by atomic mass is 10.00. The van der Waals surface area contributed by atoms with Crippen molar-refractivity contribution >= 4 is 5.97 Å². The molecule has 0 aliphatic rings. The molecular formula is C12H16O6. The van der Waals surface area contributed by atoms with Crippen molar-refractivity contribution in [2.45, 2.75) is 18.6 Å². The summed E-state index contributed by atoms with van der Waals surface area (Å²) in [6.45, 7) is 0. The normalized spacial score (nSPS) is 13.8. The average Bonchev–Trinajstić information content (AvgIpc) is 2.35. The number of rotatable bonds is 6. The zero-order valence-electron chi connectivity index (χ0n) is 10.2. The lowest BCUT2D eigenvalue weighted by molar-refractivity contribution is -0.141. The summed E-state index contributed by atoms with van der Waals surface area (Å²) in [7, 11) is 2.82. The third-order valence-corrected chi connectivity index (χ3v) is 2.51. The molecule has 1 aromatic rings. The van der Waals surface area contributed by atoms with Gasteiger partial charge in [-0.05, 0) is 12.1 Å². The van der Waals surface area contributed by atoms with E-state index >= 15 is 0 Å². The number of hydrogen-bond acceptors (Lipinski definition) is 5. The van der Waals surface area contributed by atoms with Crippen LogP contribution in [0.2, 0.25) is 0 Å². The Kier molecular flexibility index (Phi) is 4.94. The van der Waals surface area contributed by atoms with Gasteiger partial charge in [0.15, 0.2) is 0 Å². The second-order valence-corrected chi connectivity index (χ2v) is 3.69. The Labute approximate surface area is 104 Å². The third kappa shape index (κ3) is 3.12. The highest BCUT2D eigenvalue weighted by Gasteiger charge is 2.27. The van der Waals surface area contributed by atoms with Crippen LogP contribution in [-0.4, -0.2) is 41.6 Å². The lowest BCUT2D eigenvalue weighted by Crippen LogP contribution is -2.22. The van der Waals surface area contributed by atoms with Crippen LogP contribution in [0.3, 0.4) is 0 Å². The van der Waals surface area contributed by atoms with Gasteiger partial charge in [-0.1, -0.05) is 6.07 Å². The maximum atomic E-state index is 10.5. The molecule has 0 bridgehead atoms. The highest BCUT2D eigenvalue weighted by Crippen LogP contribution is 2.36. The molecule has 0 aromatic heterocycles. The fourth-order valence-corrected chi connectivity index (χ4v) is 1.65. The molecule has 18 heavy (non-hydrogen) atoms. The first-order chi connectivity index (χ1) is 8.51. The Morgan fingerprint density at radius 1 is 1.22 bits per heavy atom. The van der Waals surface area contributed by atoms with Gasteiger partial charge in [0.1, 0.15) is 17.6 Å². The Morgan fingerprint density at radius 3 is 2.11 bits per heavy atom. The van der Waals surface area contributed by atoms with E-state index < -0.39 is 24.6 Å². The number of ether oxygens (including phenoxy) is 2. The molecule has 0 spiro atoms. The van der Waals surface area contributed by atoms with Gasteiger partial charge in [-0.25, -0.2) is 0 Å². The van der Waals surface area contributed by atoms with E-state index in [0.717, 1.165) is 0 Å². The van der Waals surface area contributed by atoms with E-state index in [1.54, 1.807) is 18.2 Å². The van der Waals surface area contributed by atoms with Crippen LogP contribution in [0.25, 0.3) is 0 Å². The molecule has 6 nitrogen and oxygen atoms in total. The van der Waals surface area contributed by atoms with Gasteiger partial charge in [0.2, 0.25) is 0 Å². The highest BCUT2D eigenvalue weighted by atomic mass is 16.5. The van der Waals surface area contributed by atoms with Crippen LogP contribution in [0.4, 0.5) is 0 Å². The van der Waals surface area contributed by atoms with Crippen LogP contribution in [0.1, 0.15) is 18.1 Å². The Morgan fingerprint density at radius 2 is 1.72 bits per heavy atom. The van der Waals surface area contributed by atoms with Crippen molar-refractivity contribution in [2.24, 2.45) is 0 Å². The van der Waals surface area contributed by atoms with Crippen LogP contribution in [0, 0.1) is 0 Å². The second kappa shape index (κ2) is 6.23. The van der Waals surface area contributed by atoms with Crippen molar-refractivity contribution in [3.05, 3.63) is 23.8 Å². The standard InChI is InChI=1S/C12H16O6/c1-17-8-4-3-5-9(18-2)11(8)12(16)7(13)6-10(14)15/h3-5,7,12-13,16H,6H2,1-2H3,(H,14,15). The zero-order chi connectivity index (χ0) is 13.7. The maximum absolute atomic E-state index is 10.5. The van der Waals surface area contributed by atoms with Gasteiger partial charge in [0.05, 0.1) is 32.3 Å². The van der Waals surface area contributed by atoms with Gasteiger partial charge >= 0.3 is 5.97 Å². The number of aliphatic hydroxyl groups is 2. The van der Waals surface area contributed by atoms with E-state index in [-0.39, 0.29) is 5.56 Å². The summed E-state index contributed by atoms with van der Waals surface area (Å²) in [6.07, 6.45) is -3.40. The average molecular weight is 256 g/mol. The van der Waals surface area contributed by atoms with Crippen molar-refractivity contribution in [3.63, 3.8) is 0 Å². The molecule has 0 saturated heterocycles. The second-order valence-electron chi connectivity index (χ2n) is 3.69. The van der Waals surface area contributed by atoms with E-state index in [4.69, 9.17) is 14.6 Å². The minimum Gasteiger partial charge on any atom is -0.496 e. The molecule has 100 valence electrons. The molecular weight excluding hydrogens is 240 g/mol. The summed E-state index contributed by atoms with van der Waals surface area (Å²) in [4.78, 5) is 10.5. The number of carboxylic acid groups (broad SMARTS) is 1. The Balaban J connectivity index is 3.09. The summed E-state index contributed by atoms with van der Waals surface area (Å²) in [6, 6.07) is 4.85. The van der Waals surface area contributed by atoms with Gasteiger partial charge < -0.3 is 24.8 Å². The van der Waals surface area contributed by atoms with Gasteiger partial charge in [0, 0.05) is 0 Å². The van der Waals surface area contributed by atoms with E-state index in [2.05, 4.69) is 0 Å². The highest BCUT2D eigenvalue weighted by molar-refractivity contribution is 5.67. The molecule has 0 aliphatic heterocycles. The number of carboxylic acids is 1. The summed E-state index contributed by atoms with van der Waals surface area (Å²) < 4.78 is 10.1. The quantitative estimate of drug-likeness (QED) is 0.688. The predicted octanol–water partition coefficient (Wildman–Crippen LogP) is 0.573. The molecule has 3 N–H and O–H groups in total. The van der Waals surface area contributed by atoms with Gasteiger partial charge in [-0.3, -0.25) is 4.79 Å². The molecule has 1 aromatic carbocycles. The smallest absolute Gasteiger partial charge is 0.306 e. The first kappa shape index (κ1) is 14.3. The predicted molar refractivity (Wildman–Crippen MR) is 62.8 cm³/mol. The van der Waals surface area contributed by atoms with Crippen molar-refractivity contribution in [1.29, 1.82) is 0 Å². The van der Waals surface area contributed by atoms with Crippen molar-refractivity contribution in [3.8, 4) is 11.5 Å². The first-order valence-electron chi connectivity index (χ1n) is 5.30. The van der Waals surface area contributed by atoms with Crippen LogP contribution >= 0.6 is 0 Å². The van der Waals surface area contributed by atoms with E-state index in [1.807, 2.05) is 0 Å². The SMILES string of the molecule is COc1cccc(OC)c1C(O)C(O)CC(=O)O. The number of benzene rings is 1. The summed E-state index contributed by atoms with van der Waals surface area (Å²) in [5.41, 5.74) is 0.233. The van der Waals surface area contributed by atoms with Crippen LogP contribution < -0.4 is 9.47 Å². The molecule has 1 rings (SSSR count). The molecule has 0 heterocycles. The Bertz CT molecular complexity index is 395. The van der Waals surface area contributed by atoms with E-state index in [9.17, 15) is 15.0 Å². The summed E-state index contributed by atoms with van der Waals surface area (Å²) in [5.74, 6) is -0.548. The number of carbonyl (C=O) groups is 1. The number of hydrogen-bond donors (Lipinski definition) is 3. The minimum atomic E-state index is -1.44. The Hall–Kier alpha value is -1.79. The van der Waals surface area contributed by atoms with Crippen LogP contribution in [0.5, 0.6) is 11.5 Å². The third-order valence-electron chi connectivity index (χ3n) is 2.51. The van der Waals surface area contributed by atoms with Gasteiger partial charge in [-0.2, -0.15) is 0 Å². The molecule has 0 fully saturated rings. The molecule has 2 atom stereocenters. The number of aliphatic carboxylic acids is 1. The van der Waals surface area contributed by atoms with Gasteiger partial charge in [-0.15, -0.1) is 0 Å². The monoisotopic (exact) mass is 256 g/mol. The zero-order valence-corrected chi connectivity index (χ0v) is 10.2. The topological polar surface area (TPSA) is 96.2 Å². The first-order valence-corrected chi connectivity index (χ1v) is 5.30. The number of aliphatic hydroxyl groups excluding tert-OH is 2. The molecule has 0 amide bonds. The minimum absolute atomic E-state index is 0.233. The van der Waals surface area contributed by atoms with E-state index in [1.165, 1.54) is 14.2 Å². The summed E-state index contributed by atoms with van der Waals surface area (Å²) in [5, 5.41) is 28.2. The van der Waals surface area contributed by atoms with Crippen molar-refractivity contribution in [2.75, 3.05) is 14.2 Å². The summed E-state index contributed by atoms with van der Waals surface area (Å²) >= 11 is 0. The molecule has 0 radical (unpaired) electrons. The molecule has 2 unspecified atom stereocenters. The largest absolute Gasteiger partial charge is 0.496 e. The van der Waals surface area contributed by atoms with E-state index in [0.29, 0.717) is 11.5 Å². The number of methoxy groups -OCH3 is 2. The van der Waals surface area contributed by atoms with Crippen molar-refractivity contribution < 1.29 is 29.6 Å². The fraction of sp³-hybridized carbons (Fsp3) is 0.417. The molecule has 0 saturated carbocycles. The molecule has 6 heteroatoms. The van der Waals surface area contributed by atoms with Crippen LogP contribution in [0.15, 0.2) is 18.2 Å². The van der Waals surface area contributed by atoms with Gasteiger partial charge in [0.25, 0.3) is 0 Å². The maximum Gasteiger partial charge on any atom is 0.306 e.